The summed E-state index contributed by atoms with van der Waals surface area (Å²) in [6, 6.07) is 11.0. The lowest BCUT2D eigenvalue weighted by molar-refractivity contribution is 0.378. The first-order valence-corrected chi connectivity index (χ1v) is 7.48. The number of halogens is 1. The fourth-order valence-electron chi connectivity index (χ4n) is 2.80. The van der Waals surface area contributed by atoms with Crippen molar-refractivity contribution in [2.75, 3.05) is 0 Å². The highest BCUT2D eigenvalue weighted by atomic mass is 35.5. The van der Waals surface area contributed by atoms with E-state index < -0.39 is 0 Å². The van der Waals surface area contributed by atoms with Gasteiger partial charge in [0, 0.05) is 29.5 Å². The predicted molar refractivity (Wildman–Crippen MR) is 80.5 cm³/mol. The molecule has 100 valence electrons. The summed E-state index contributed by atoms with van der Waals surface area (Å²) in [5.74, 6) is 0. The van der Waals surface area contributed by atoms with E-state index in [-0.39, 0.29) is 5.38 Å². The molecular formula is C16H19ClN2. The van der Waals surface area contributed by atoms with Crippen LogP contribution in [-0.4, -0.2) is 16.4 Å². The molecule has 0 amide bonds. The van der Waals surface area contributed by atoms with Crippen LogP contribution in [0.1, 0.15) is 31.2 Å². The Kier molecular flexibility index (Phi) is 4.00. The van der Waals surface area contributed by atoms with Crippen LogP contribution in [-0.2, 0) is 6.54 Å². The lowest BCUT2D eigenvalue weighted by Gasteiger charge is -2.28. The lowest BCUT2D eigenvalue weighted by Crippen LogP contribution is -2.38. The summed E-state index contributed by atoms with van der Waals surface area (Å²) in [5.41, 5.74) is 2.36. The summed E-state index contributed by atoms with van der Waals surface area (Å²) in [6.07, 6.45) is 6.74. The van der Waals surface area contributed by atoms with Gasteiger partial charge in [-0.05, 0) is 36.6 Å². The van der Waals surface area contributed by atoms with Crippen LogP contribution in [0.4, 0.5) is 0 Å². The zero-order valence-corrected chi connectivity index (χ0v) is 11.7. The standard InChI is InChI=1S/C16H19ClN2/c17-14-5-1-2-6-16(14)19-11-12-7-8-15-13(10-12)4-3-9-18-15/h3-4,7-10,14,16,19H,1-2,5-6,11H2. The third-order valence-corrected chi connectivity index (χ3v) is 4.44. The molecular weight excluding hydrogens is 256 g/mol. The molecule has 3 rings (SSSR count). The average molecular weight is 275 g/mol. The second-order valence-corrected chi connectivity index (χ2v) is 5.88. The lowest BCUT2D eigenvalue weighted by atomic mass is 9.95. The van der Waals surface area contributed by atoms with Crippen molar-refractivity contribution in [3.05, 3.63) is 42.1 Å². The van der Waals surface area contributed by atoms with Crippen molar-refractivity contribution in [2.24, 2.45) is 0 Å². The fraction of sp³-hybridized carbons (Fsp3) is 0.438. The largest absolute Gasteiger partial charge is 0.308 e. The van der Waals surface area contributed by atoms with Crippen molar-refractivity contribution < 1.29 is 0 Å². The number of alkyl halides is 1. The highest BCUT2D eigenvalue weighted by molar-refractivity contribution is 6.21. The molecule has 1 fully saturated rings. The van der Waals surface area contributed by atoms with Gasteiger partial charge in [0.05, 0.1) is 5.52 Å². The summed E-state index contributed by atoms with van der Waals surface area (Å²) < 4.78 is 0. The molecule has 1 aromatic heterocycles. The fourth-order valence-corrected chi connectivity index (χ4v) is 3.17. The Morgan fingerprint density at radius 2 is 2.11 bits per heavy atom. The molecule has 1 aliphatic rings. The second kappa shape index (κ2) is 5.89. The number of pyridine rings is 1. The van der Waals surface area contributed by atoms with Gasteiger partial charge in [-0.25, -0.2) is 0 Å². The van der Waals surface area contributed by atoms with Crippen molar-refractivity contribution in [2.45, 2.75) is 43.6 Å². The SMILES string of the molecule is ClC1CCCCC1NCc1ccc2ncccc2c1. The zero-order chi connectivity index (χ0) is 13.1. The Hall–Kier alpha value is -1.12. The van der Waals surface area contributed by atoms with E-state index in [1.54, 1.807) is 0 Å². The highest BCUT2D eigenvalue weighted by Gasteiger charge is 2.22. The van der Waals surface area contributed by atoms with Crippen LogP contribution in [0.25, 0.3) is 10.9 Å². The summed E-state index contributed by atoms with van der Waals surface area (Å²) in [7, 11) is 0. The van der Waals surface area contributed by atoms with E-state index in [0.29, 0.717) is 6.04 Å². The molecule has 0 radical (unpaired) electrons. The van der Waals surface area contributed by atoms with Crippen LogP contribution in [0.5, 0.6) is 0 Å². The molecule has 19 heavy (non-hydrogen) atoms. The van der Waals surface area contributed by atoms with Gasteiger partial charge in [0.1, 0.15) is 0 Å². The zero-order valence-electron chi connectivity index (χ0n) is 11.0. The van der Waals surface area contributed by atoms with E-state index >= 15 is 0 Å². The average Bonchev–Trinajstić information content (AvgIpc) is 2.46. The Morgan fingerprint density at radius 1 is 1.21 bits per heavy atom. The molecule has 2 atom stereocenters. The molecule has 0 spiro atoms. The first-order chi connectivity index (χ1) is 9.33. The van der Waals surface area contributed by atoms with Crippen LogP contribution in [0.15, 0.2) is 36.5 Å². The molecule has 2 nitrogen and oxygen atoms in total. The van der Waals surface area contributed by atoms with Gasteiger partial charge in [-0.15, -0.1) is 11.6 Å². The van der Waals surface area contributed by atoms with Crippen LogP contribution in [0.3, 0.4) is 0 Å². The Morgan fingerprint density at radius 3 is 3.00 bits per heavy atom. The minimum atomic E-state index is 0.288. The summed E-state index contributed by atoms with van der Waals surface area (Å²) in [6.45, 7) is 0.888. The minimum absolute atomic E-state index is 0.288. The summed E-state index contributed by atoms with van der Waals surface area (Å²) in [5, 5.41) is 5.09. The highest BCUT2D eigenvalue weighted by Crippen LogP contribution is 2.23. The van der Waals surface area contributed by atoms with Crippen molar-refractivity contribution in [3.63, 3.8) is 0 Å². The smallest absolute Gasteiger partial charge is 0.0702 e. The molecule has 1 heterocycles. The molecule has 0 aliphatic heterocycles. The molecule has 1 N–H and O–H groups in total. The predicted octanol–water partition coefficient (Wildman–Crippen LogP) is 3.87. The van der Waals surface area contributed by atoms with E-state index in [9.17, 15) is 0 Å². The van der Waals surface area contributed by atoms with E-state index in [2.05, 4.69) is 34.6 Å². The van der Waals surface area contributed by atoms with E-state index in [4.69, 9.17) is 11.6 Å². The third-order valence-electron chi connectivity index (χ3n) is 3.92. The quantitative estimate of drug-likeness (QED) is 0.860. The van der Waals surface area contributed by atoms with Gasteiger partial charge in [0.2, 0.25) is 0 Å². The van der Waals surface area contributed by atoms with Crippen LogP contribution < -0.4 is 5.32 Å². The number of benzene rings is 1. The third kappa shape index (κ3) is 3.07. The molecule has 1 aliphatic carbocycles. The molecule has 1 saturated carbocycles. The van der Waals surface area contributed by atoms with Crippen LogP contribution >= 0.6 is 11.6 Å². The first-order valence-electron chi connectivity index (χ1n) is 7.04. The molecule has 0 bridgehead atoms. The molecule has 2 aromatic rings. The topological polar surface area (TPSA) is 24.9 Å². The van der Waals surface area contributed by atoms with Crippen molar-refractivity contribution in [3.8, 4) is 0 Å². The van der Waals surface area contributed by atoms with Crippen molar-refractivity contribution in [1.82, 2.24) is 10.3 Å². The summed E-state index contributed by atoms with van der Waals surface area (Å²) >= 11 is 6.37. The van der Waals surface area contributed by atoms with Gasteiger partial charge in [-0.2, -0.15) is 0 Å². The molecule has 1 aromatic carbocycles. The van der Waals surface area contributed by atoms with Gasteiger partial charge < -0.3 is 5.32 Å². The minimum Gasteiger partial charge on any atom is -0.308 e. The maximum atomic E-state index is 6.37. The monoisotopic (exact) mass is 274 g/mol. The number of nitrogens with one attached hydrogen (secondary N) is 1. The van der Waals surface area contributed by atoms with Gasteiger partial charge in [0.25, 0.3) is 0 Å². The van der Waals surface area contributed by atoms with E-state index in [0.717, 1.165) is 18.5 Å². The van der Waals surface area contributed by atoms with Gasteiger partial charge >= 0.3 is 0 Å². The Balaban J connectivity index is 1.67. The molecule has 0 saturated heterocycles. The van der Waals surface area contributed by atoms with E-state index in [1.807, 2.05) is 12.3 Å². The number of aromatic nitrogens is 1. The normalized spacial score (nSPS) is 23.6. The van der Waals surface area contributed by atoms with Crippen LogP contribution in [0.2, 0.25) is 0 Å². The first kappa shape index (κ1) is 12.9. The van der Waals surface area contributed by atoms with Gasteiger partial charge in [0.15, 0.2) is 0 Å². The number of rotatable bonds is 3. The summed E-state index contributed by atoms with van der Waals surface area (Å²) in [4.78, 5) is 4.34. The van der Waals surface area contributed by atoms with Crippen molar-refractivity contribution >= 4 is 22.5 Å². The number of hydrogen-bond acceptors (Lipinski definition) is 2. The maximum Gasteiger partial charge on any atom is 0.0702 e. The number of nitrogens with zero attached hydrogens (tertiary/aromatic N) is 1. The maximum absolute atomic E-state index is 6.37. The molecule has 3 heteroatoms. The van der Waals surface area contributed by atoms with E-state index in [1.165, 1.54) is 30.2 Å². The van der Waals surface area contributed by atoms with Gasteiger partial charge in [-0.1, -0.05) is 25.0 Å². The number of hydrogen-bond donors (Lipinski definition) is 1. The van der Waals surface area contributed by atoms with Gasteiger partial charge in [-0.3, -0.25) is 4.98 Å². The molecule has 2 unspecified atom stereocenters. The Labute approximate surface area is 119 Å². The number of fused-ring (bicyclic) bond motifs is 1. The van der Waals surface area contributed by atoms with Crippen molar-refractivity contribution in [1.29, 1.82) is 0 Å². The van der Waals surface area contributed by atoms with Crippen LogP contribution in [0, 0.1) is 0 Å². The Bertz CT molecular complexity index is 555. The second-order valence-electron chi connectivity index (χ2n) is 5.32.